The highest BCUT2D eigenvalue weighted by atomic mass is 79.9. The first-order valence-corrected chi connectivity index (χ1v) is 6.87. The Balaban J connectivity index is 2.16. The zero-order chi connectivity index (χ0) is 13.1. The Morgan fingerprint density at radius 2 is 2.00 bits per heavy atom. The highest BCUT2D eigenvalue weighted by molar-refractivity contribution is 9.10. The van der Waals surface area contributed by atoms with Crippen molar-refractivity contribution in [1.29, 1.82) is 0 Å². The van der Waals surface area contributed by atoms with Crippen LogP contribution in [0.15, 0.2) is 28.7 Å². The summed E-state index contributed by atoms with van der Waals surface area (Å²) in [4.78, 5) is 4.59. The van der Waals surface area contributed by atoms with E-state index in [2.05, 4.69) is 43.7 Å². The third kappa shape index (κ3) is 2.65. The van der Waals surface area contributed by atoms with E-state index in [1.807, 2.05) is 20.0 Å². The van der Waals surface area contributed by atoms with Crippen molar-refractivity contribution in [2.45, 2.75) is 26.3 Å². The Morgan fingerprint density at radius 3 is 2.67 bits per heavy atom. The summed E-state index contributed by atoms with van der Waals surface area (Å²) >= 11 is 3.57. The lowest BCUT2D eigenvalue weighted by Crippen LogP contribution is -2.07. The minimum Gasteiger partial charge on any atom is -0.334 e. The minimum atomic E-state index is 0.544. The Morgan fingerprint density at radius 1 is 1.28 bits per heavy atom. The summed E-state index contributed by atoms with van der Waals surface area (Å²) in [6.07, 6.45) is 1.90. The van der Waals surface area contributed by atoms with E-state index >= 15 is 0 Å². The molecule has 0 saturated heterocycles. The summed E-state index contributed by atoms with van der Waals surface area (Å²) in [6.45, 7) is 2.56. The van der Waals surface area contributed by atoms with Gasteiger partial charge < -0.3 is 10.3 Å². The molecular weight excluding hydrogens is 290 g/mol. The second-order valence-electron chi connectivity index (χ2n) is 4.41. The van der Waals surface area contributed by atoms with E-state index in [1.54, 1.807) is 0 Å². The highest BCUT2D eigenvalue weighted by Crippen LogP contribution is 2.19. The topological polar surface area (TPSA) is 43.8 Å². The molecule has 0 fully saturated rings. The van der Waals surface area contributed by atoms with Gasteiger partial charge in [-0.15, -0.1) is 0 Å². The number of aromatic nitrogens is 2. The largest absolute Gasteiger partial charge is 0.334 e. The van der Waals surface area contributed by atoms with Crippen molar-refractivity contribution in [2.24, 2.45) is 12.8 Å². The van der Waals surface area contributed by atoms with Gasteiger partial charge in [-0.1, -0.05) is 34.1 Å². The lowest BCUT2D eigenvalue weighted by atomic mass is 10.1. The zero-order valence-electron chi connectivity index (χ0n) is 10.8. The number of benzene rings is 1. The van der Waals surface area contributed by atoms with Crippen molar-refractivity contribution in [3.8, 4) is 0 Å². The molecule has 2 N–H and O–H groups in total. The molecule has 0 aliphatic carbocycles. The van der Waals surface area contributed by atoms with Crippen LogP contribution in [-0.2, 0) is 26.4 Å². The molecule has 0 aliphatic rings. The van der Waals surface area contributed by atoms with E-state index in [4.69, 9.17) is 5.73 Å². The number of nitrogens with two attached hydrogens (primary N) is 1. The average molecular weight is 308 g/mol. The second kappa shape index (κ2) is 5.67. The van der Waals surface area contributed by atoms with Crippen molar-refractivity contribution in [2.75, 3.05) is 0 Å². The molecule has 1 aromatic heterocycles. The fourth-order valence-corrected chi connectivity index (χ4v) is 2.62. The fourth-order valence-electron chi connectivity index (χ4n) is 2.13. The lowest BCUT2D eigenvalue weighted by molar-refractivity contribution is 0.779. The molecule has 0 bridgehead atoms. The van der Waals surface area contributed by atoms with Gasteiger partial charge in [0.2, 0.25) is 0 Å². The molecule has 0 unspecified atom stereocenters. The number of imidazole rings is 1. The SMILES string of the molecule is Cc1nc(CCc2ccccc2Br)c(CN)n1C. The highest BCUT2D eigenvalue weighted by Gasteiger charge is 2.11. The van der Waals surface area contributed by atoms with Crippen LogP contribution < -0.4 is 5.73 Å². The van der Waals surface area contributed by atoms with Crippen LogP contribution in [0, 0.1) is 6.92 Å². The quantitative estimate of drug-likeness (QED) is 0.944. The van der Waals surface area contributed by atoms with E-state index in [9.17, 15) is 0 Å². The van der Waals surface area contributed by atoms with Crippen LogP contribution in [0.25, 0.3) is 0 Å². The minimum absolute atomic E-state index is 0.544. The van der Waals surface area contributed by atoms with Crippen LogP contribution in [0.5, 0.6) is 0 Å². The second-order valence-corrected chi connectivity index (χ2v) is 5.26. The Bertz CT molecular complexity index is 546. The molecule has 0 radical (unpaired) electrons. The standard InChI is InChI=1S/C14H18BrN3/c1-10-17-13(14(9-16)18(10)2)8-7-11-5-3-4-6-12(11)15/h3-6H,7-9,16H2,1-2H3. The van der Waals surface area contributed by atoms with E-state index in [0.29, 0.717) is 6.54 Å². The van der Waals surface area contributed by atoms with Crippen LogP contribution in [0.3, 0.4) is 0 Å². The summed E-state index contributed by atoms with van der Waals surface area (Å²) in [5.41, 5.74) is 9.36. The van der Waals surface area contributed by atoms with Crippen LogP contribution in [-0.4, -0.2) is 9.55 Å². The van der Waals surface area contributed by atoms with Crippen molar-refractivity contribution < 1.29 is 0 Å². The monoisotopic (exact) mass is 307 g/mol. The number of hydrogen-bond donors (Lipinski definition) is 1. The number of aryl methyl sites for hydroxylation is 3. The van der Waals surface area contributed by atoms with Crippen molar-refractivity contribution in [1.82, 2.24) is 9.55 Å². The van der Waals surface area contributed by atoms with Gasteiger partial charge in [-0.3, -0.25) is 0 Å². The maximum atomic E-state index is 5.79. The number of nitrogens with zero attached hydrogens (tertiary/aromatic N) is 2. The third-order valence-electron chi connectivity index (χ3n) is 3.30. The molecule has 1 aromatic carbocycles. The molecule has 4 heteroatoms. The Labute approximate surface area is 116 Å². The Kier molecular flexibility index (Phi) is 4.19. The molecule has 0 amide bonds. The van der Waals surface area contributed by atoms with Gasteiger partial charge >= 0.3 is 0 Å². The van der Waals surface area contributed by atoms with E-state index in [-0.39, 0.29) is 0 Å². The maximum Gasteiger partial charge on any atom is 0.105 e. The zero-order valence-corrected chi connectivity index (χ0v) is 12.4. The summed E-state index contributed by atoms with van der Waals surface area (Å²) in [6, 6.07) is 8.31. The first-order valence-electron chi connectivity index (χ1n) is 6.08. The van der Waals surface area contributed by atoms with Crippen molar-refractivity contribution in [3.05, 3.63) is 51.5 Å². The molecule has 0 atom stereocenters. The van der Waals surface area contributed by atoms with E-state index in [0.717, 1.165) is 34.5 Å². The predicted octanol–water partition coefficient (Wildman–Crippen LogP) is 2.73. The predicted molar refractivity (Wildman–Crippen MR) is 77.4 cm³/mol. The summed E-state index contributed by atoms with van der Waals surface area (Å²) in [7, 11) is 2.02. The van der Waals surface area contributed by atoms with Gasteiger partial charge in [0, 0.05) is 18.1 Å². The van der Waals surface area contributed by atoms with Gasteiger partial charge in [0.25, 0.3) is 0 Å². The van der Waals surface area contributed by atoms with Gasteiger partial charge in [-0.2, -0.15) is 0 Å². The molecule has 3 nitrogen and oxygen atoms in total. The Hall–Kier alpha value is -1.13. The molecule has 0 aliphatic heterocycles. The van der Waals surface area contributed by atoms with Crippen molar-refractivity contribution in [3.63, 3.8) is 0 Å². The maximum absolute atomic E-state index is 5.79. The third-order valence-corrected chi connectivity index (χ3v) is 4.08. The molecule has 0 spiro atoms. The van der Waals surface area contributed by atoms with Crippen LogP contribution in [0.1, 0.15) is 22.8 Å². The molecular formula is C14H18BrN3. The lowest BCUT2D eigenvalue weighted by Gasteiger charge is -2.05. The molecule has 96 valence electrons. The molecule has 18 heavy (non-hydrogen) atoms. The van der Waals surface area contributed by atoms with Crippen molar-refractivity contribution >= 4 is 15.9 Å². The van der Waals surface area contributed by atoms with Gasteiger partial charge in [-0.05, 0) is 31.4 Å². The number of hydrogen-bond acceptors (Lipinski definition) is 2. The van der Waals surface area contributed by atoms with Gasteiger partial charge in [-0.25, -0.2) is 4.98 Å². The first kappa shape index (κ1) is 13.3. The fraction of sp³-hybridized carbons (Fsp3) is 0.357. The van der Waals surface area contributed by atoms with Gasteiger partial charge in [0.15, 0.2) is 0 Å². The summed E-state index contributed by atoms with van der Waals surface area (Å²) in [5, 5.41) is 0. The molecule has 0 saturated carbocycles. The smallest absolute Gasteiger partial charge is 0.105 e. The number of rotatable bonds is 4. The van der Waals surface area contributed by atoms with Crippen LogP contribution in [0.4, 0.5) is 0 Å². The van der Waals surface area contributed by atoms with E-state index < -0.39 is 0 Å². The summed E-state index contributed by atoms with van der Waals surface area (Å²) in [5.74, 6) is 1.03. The molecule has 2 rings (SSSR count). The molecule has 2 aromatic rings. The first-order chi connectivity index (χ1) is 8.63. The normalized spacial score (nSPS) is 10.9. The summed E-state index contributed by atoms with van der Waals surface area (Å²) < 4.78 is 3.24. The van der Waals surface area contributed by atoms with Gasteiger partial charge in [0.05, 0.1) is 11.4 Å². The van der Waals surface area contributed by atoms with Gasteiger partial charge in [0.1, 0.15) is 5.82 Å². The van der Waals surface area contributed by atoms with Crippen LogP contribution in [0.2, 0.25) is 0 Å². The number of halogens is 1. The van der Waals surface area contributed by atoms with E-state index in [1.165, 1.54) is 5.56 Å². The van der Waals surface area contributed by atoms with Crippen LogP contribution >= 0.6 is 15.9 Å². The molecule has 1 heterocycles. The average Bonchev–Trinajstić information content (AvgIpc) is 2.64.